The summed E-state index contributed by atoms with van der Waals surface area (Å²) >= 11 is 0. The summed E-state index contributed by atoms with van der Waals surface area (Å²) < 4.78 is 15.7. The van der Waals surface area contributed by atoms with Crippen LogP contribution in [-0.4, -0.2) is 44.6 Å². The van der Waals surface area contributed by atoms with Gasteiger partial charge in [-0.15, -0.1) is 6.58 Å². The van der Waals surface area contributed by atoms with Gasteiger partial charge in [0.15, 0.2) is 11.5 Å². The normalized spacial score (nSPS) is 10.1. The van der Waals surface area contributed by atoms with E-state index in [-0.39, 0.29) is 6.54 Å². The molecule has 1 aromatic rings. The summed E-state index contributed by atoms with van der Waals surface area (Å²) in [5.74, 6) is 0.421. The van der Waals surface area contributed by atoms with E-state index >= 15 is 0 Å². The van der Waals surface area contributed by atoms with Crippen LogP contribution in [0.5, 0.6) is 17.2 Å². The summed E-state index contributed by atoms with van der Waals surface area (Å²) in [4.78, 5) is 24.9. The first-order chi connectivity index (χ1) is 11.5. The lowest BCUT2D eigenvalue weighted by Gasteiger charge is -2.15. The van der Waals surface area contributed by atoms with Crippen LogP contribution in [0.25, 0.3) is 6.08 Å². The van der Waals surface area contributed by atoms with Crippen LogP contribution in [0.15, 0.2) is 43.5 Å². The Labute approximate surface area is 141 Å². The molecule has 1 aromatic carbocycles. The molecular weight excluding hydrogens is 310 g/mol. The zero-order valence-electron chi connectivity index (χ0n) is 14.1. The predicted octanol–water partition coefficient (Wildman–Crippen LogP) is 2.45. The van der Waals surface area contributed by atoms with Gasteiger partial charge in [0.2, 0.25) is 5.75 Å². The second kappa shape index (κ2) is 9.19. The third-order valence-electron chi connectivity index (χ3n) is 3.12. The van der Waals surface area contributed by atoms with Crippen LogP contribution in [0.4, 0.5) is 0 Å². The van der Waals surface area contributed by atoms with Gasteiger partial charge in [-0.05, 0) is 29.8 Å². The molecule has 0 saturated heterocycles. The SMILES string of the molecule is C=CCN(C(=O)C=C)C(=O)/C=C/c1cc(OC)c(OC)c(OC)c1. The highest BCUT2D eigenvalue weighted by Gasteiger charge is 2.16. The third kappa shape index (κ3) is 4.49. The number of carbonyl (C=O) groups is 2. The Morgan fingerprint density at radius 1 is 1.04 bits per heavy atom. The number of hydrogen-bond donors (Lipinski definition) is 0. The maximum Gasteiger partial charge on any atom is 0.253 e. The lowest BCUT2D eigenvalue weighted by atomic mass is 10.1. The van der Waals surface area contributed by atoms with E-state index in [0.717, 1.165) is 11.0 Å². The van der Waals surface area contributed by atoms with Crippen LogP contribution in [0, 0.1) is 0 Å². The average molecular weight is 331 g/mol. The number of methoxy groups -OCH3 is 3. The van der Waals surface area contributed by atoms with E-state index in [0.29, 0.717) is 22.8 Å². The van der Waals surface area contributed by atoms with Crippen LogP contribution >= 0.6 is 0 Å². The quantitative estimate of drug-likeness (QED) is 0.541. The molecule has 0 aliphatic rings. The van der Waals surface area contributed by atoms with Crippen molar-refractivity contribution >= 4 is 17.9 Å². The molecule has 0 saturated carbocycles. The van der Waals surface area contributed by atoms with Crippen molar-refractivity contribution in [3.05, 3.63) is 49.1 Å². The first kappa shape index (κ1) is 19.0. The van der Waals surface area contributed by atoms with Crippen molar-refractivity contribution in [2.75, 3.05) is 27.9 Å². The first-order valence-electron chi connectivity index (χ1n) is 7.09. The largest absolute Gasteiger partial charge is 0.493 e. The Morgan fingerprint density at radius 2 is 1.62 bits per heavy atom. The molecule has 0 unspecified atom stereocenters. The van der Waals surface area contributed by atoms with Crippen molar-refractivity contribution in [1.82, 2.24) is 4.90 Å². The van der Waals surface area contributed by atoms with Crippen LogP contribution in [0.1, 0.15) is 5.56 Å². The lowest BCUT2D eigenvalue weighted by Crippen LogP contribution is -2.34. The fourth-order valence-electron chi connectivity index (χ4n) is 1.98. The highest BCUT2D eigenvalue weighted by Crippen LogP contribution is 2.38. The molecule has 0 N–H and O–H groups in total. The highest BCUT2D eigenvalue weighted by molar-refractivity contribution is 6.06. The average Bonchev–Trinajstić information content (AvgIpc) is 2.62. The minimum Gasteiger partial charge on any atom is -0.493 e. The molecule has 24 heavy (non-hydrogen) atoms. The molecule has 0 aliphatic heterocycles. The van der Waals surface area contributed by atoms with Gasteiger partial charge in [0.25, 0.3) is 11.8 Å². The molecule has 0 aromatic heterocycles. The summed E-state index contributed by atoms with van der Waals surface area (Å²) in [6.07, 6.45) is 5.38. The van der Waals surface area contributed by atoms with Gasteiger partial charge in [0.05, 0.1) is 21.3 Å². The second-order valence-electron chi connectivity index (χ2n) is 4.57. The molecule has 6 heteroatoms. The van der Waals surface area contributed by atoms with Crippen molar-refractivity contribution in [3.63, 3.8) is 0 Å². The molecule has 6 nitrogen and oxygen atoms in total. The zero-order valence-corrected chi connectivity index (χ0v) is 14.1. The summed E-state index contributed by atoms with van der Waals surface area (Å²) in [5, 5.41) is 0. The summed E-state index contributed by atoms with van der Waals surface area (Å²) in [5.41, 5.74) is 0.655. The van der Waals surface area contributed by atoms with Gasteiger partial charge in [-0.1, -0.05) is 12.7 Å². The Bertz CT molecular complexity index is 638. The third-order valence-corrected chi connectivity index (χ3v) is 3.12. The molecule has 0 radical (unpaired) electrons. The topological polar surface area (TPSA) is 65.1 Å². The molecule has 0 atom stereocenters. The van der Waals surface area contributed by atoms with Crippen molar-refractivity contribution in [3.8, 4) is 17.2 Å². The van der Waals surface area contributed by atoms with Gasteiger partial charge in [0, 0.05) is 12.6 Å². The van der Waals surface area contributed by atoms with Crippen molar-refractivity contribution in [2.24, 2.45) is 0 Å². The number of benzene rings is 1. The predicted molar refractivity (Wildman–Crippen MR) is 92.2 cm³/mol. The molecule has 1 rings (SSSR count). The number of amides is 2. The van der Waals surface area contributed by atoms with E-state index in [4.69, 9.17) is 14.2 Å². The number of rotatable bonds is 8. The second-order valence-corrected chi connectivity index (χ2v) is 4.57. The minimum absolute atomic E-state index is 0.100. The molecule has 0 bridgehead atoms. The van der Waals surface area contributed by atoms with E-state index in [1.165, 1.54) is 33.5 Å². The lowest BCUT2D eigenvalue weighted by molar-refractivity contribution is -0.137. The molecule has 2 amide bonds. The van der Waals surface area contributed by atoms with Gasteiger partial charge in [-0.2, -0.15) is 0 Å². The Morgan fingerprint density at radius 3 is 2.04 bits per heavy atom. The van der Waals surface area contributed by atoms with Gasteiger partial charge < -0.3 is 14.2 Å². The molecule has 0 aliphatic carbocycles. The smallest absolute Gasteiger partial charge is 0.253 e. The van der Waals surface area contributed by atoms with Gasteiger partial charge in [-0.3, -0.25) is 14.5 Å². The number of hydrogen-bond acceptors (Lipinski definition) is 5. The molecule has 0 spiro atoms. The standard InChI is InChI=1S/C18H21NO5/c1-6-10-19(16(20)7-2)17(21)9-8-13-11-14(22-3)18(24-5)15(12-13)23-4/h6-9,11-12H,1-2,10H2,3-5H3/b9-8+. The molecular formula is C18H21NO5. The minimum atomic E-state index is -0.491. The van der Waals surface area contributed by atoms with Gasteiger partial charge >= 0.3 is 0 Å². The first-order valence-corrected chi connectivity index (χ1v) is 7.09. The van der Waals surface area contributed by atoms with E-state index in [9.17, 15) is 9.59 Å². The molecule has 0 heterocycles. The van der Waals surface area contributed by atoms with E-state index in [1.807, 2.05) is 0 Å². The maximum absolute atomic E-state index is 12.2. The van der Waals surface area contributed by atoms with E-state index < -0.39 is 11.8 Å². The van der Waals surface area contributed by atoms with Crippen LogP contribution in [0.2, 0.25) is 0 Å². The summed E-state index contributed by atoms with van der Waals surface area (Å²) in [6, 6.07) is 3.39. The maximum atomic E-state index is 12.2. The number of carbonyl (C=O) groups excluding carboxylic acids is 2. The van der Waals surface area contributed by atoms with E-state index in [1.54, 1.807) is 18.2 Å². The van der Waals surface area contributed by atoms with Crippen molar-refractivity contribution < 1.29 is 23.8 Å². The van der Waals surface area contributed by atoms with E-state index in [2.05, 4.69) is 13.2 Å². The van der Waals surface area contributed by atoms with Crippen LogP contribution in [-0.2, 0) is 9.59 Å². The Hall–Kier alpha value is -3.02. The number of imide groups is 1. The highest BCUT2D eigenvalue weighted by atomic mass is 16.5. The number of ether oxygens (including phenoxy) is 3. The monoisotopic (exact) mass is 331 g/mol. The Kier molecular flexibility index (Phi) is 7.29. The van der Waals surface area contributed by atoms with Crippen molar-refractivity contribution in [2.45, 2.75) is 0 Å². The van der Waals surface area contributed by atoms with Gasteiger partial charge in [-0.25, -0.2) is 0 Å². The Balaban J connectivity index is 3.12. The van der Waals surface area contributed by atoms with Crippen molar-refractivity contribution in [1.29, 1.82) is 0 Å². The van der Waals surface area contributed by atoms with Gasteiger partial charge in [0.1, 0.15) is 0 Å². The van der Waals surface area contributed by atoms with Crippen LogP contribution < -0.4 is 14.2 Å². The fourth-order valence-corrected chi connectivity index (χ4v) is 1.98. The number of nitrogens with zero attached hydrogens (tertiary/aromatic N) is 1. The summed E-state index contributed by atoms with van der Waals surface area (Å²) in [6.45, 7) is 7.01. The summed E-state index contributed by atoms with van der Waals surface area (Å²) in [7, 11) is 4.52. The molecule has 128 valence electrons. The fraction of sp³-hybridized carbons (Fsp3) is 0.222. The molecule has 0 fully saturated rings. The van der Waals surface area contributed by atoms with Crippen LogP contribution in [0.3, 0.4) is 0 Å². The zero-order chi connectivity index (χ0) is 18.1.